The summed E-state index contributed by atoms with van der Waals surface area (Å²) in [7, 11) is -3.61. The van der Waals surface area contributed by atoms with Crippen molar-refractivity contribution in [3.8, 4) is 0 Å². The number of carbonyl (C=O) groups excluding carboxylic acids is 1. The minimum atomic E-state index is -3.61. The zero-order valence-corrected chi connectivity index (χ0v) is 16.8. The van der Waals surface area contributed by atoms with Crippen molar-refractivity contribution in [1.29, 1.82) is 0 Å². The third-order valence-electron chi connectivity index (χ3n) is 5.02. The van der Waals surface area contributed by atoms with Gasteiger partial charge >= 0.3 is 0 Å². The summed E-state index contributed by atoms with van der Waals surface area (Å²) in [5, 5.41) is 2.74. The number of sulfonamides is 1. The number of halogens is 1. The highest BCUT2D eigenvalue weighted by atomic mass is 32.2. The summed E-state index contributed by atoms with van der Waals surface area (Å²) < 4.78 is 41.1. The fourth-order valence-electron chi connectivity index (χ4n) is 3.38. The Morgan fingerprint density at radius 2 is 1.82 bits per heavy atom. The molecule has 1 N–H and O–H groups in total. The molecular weight excluding hydrogens is 379 g/mol. The van der Waals surface area contributed by atoms with Crippen LogP contribution in [0.3, 0.4) is 0 Å². The van der Waals surface area contributed by atoms with Crippen LogP contribution < -0.4 is 5.32 Å². The van der Waals surface area contributed by atoms with Crippen LogP contribution >= 0.6 is 0 Å². The summed E-state index contributed by atoms with van der Waals surface area (Å²) in [6, 6.07) is 11.1. The molecule has 1 aliphatic rings. The minimum absolute atomic E-state index is 0.177. The van der Waals surface area contributed by atoms with Crippen molar-refractivity contribution < 1.29 is 17.6 Å². The largest absolute Gasteiger partial charge is 0.352 e. The maximum atomic E-state index is 13.7. The van der Waals surface area contributed by atoms with Gasteiger partial charge in [-0.15, -0.1) is 0 Å². The van der Waals surface area contributed by atoms with Gasteiger partial charge in [-0.25, -0.2) is 12.8 Å². The van der Waals surface area contributed by atoms with Gasteiger partial charge in [-0.05, 0) is 55.5 Å². The van der Waals surface area contributed by atoms with Crippen LogP contribution in [0.4, 0.5) is 4.39 Å². The molecule has 2 aromatic rings. The van der Waals surface area contributed by atoms with Gasteiger partial charge in [0.05, 0.1) is 4.90 Å². The fraction of sp³-hybridized carbons (Fsp3) is 0.381. The average molecular weight is 405 g/mol. The van der Waals surface area contributed by atoms with E-state index in [4.69, 9.17) is 0 Å². The molecule has 1 heterocycles. The van der Waals surface area contributed by atoms with E-state index in [9.17, 15) is 17.6 Å². The van der Waals surface area contributed by atoms with E-state index < -0.39 is 10.0 Å². The maximum absolute atomic E-state index is 13.7. The molecule has 0 atom stereocenters. The van der Waals surface area contributed by atoms with E-state index in [0.717, 1.165) is 19.3 Å². The molecule has 0 radical (unpaired) electrons. The SMILES string of the molecule is Cc1ccc(C(=O)NCCc2ccccc2F)cc1S(=O)(=O)N1CCCCC1. The number of aryl methyl sites for hydroxylation is 1. The summed E-state index contributed by atoms with van der Waals surface area (Å²) in [4.78, 5) is 12.7. The number of rotatable bonds is 6. The van der Waals surface area contributed by atoms with Gasteiger partial charge < -0.3 is 5.32 Å². The van der Waals surface area contributed by atoms with E-state index in [1.807, 2.05) is 0 Å². The number of hydrogen-bond donors (Lipinski definition) is 1. The lowest BCUT2D eigenvalue weighted by molar-refractivity contribution is 0.0954. The third-order valence-corrected chi connectivity index (χ3v) is 7.06. The van der Waals surface area contributed by atoms with Crippen molar-refractivity contribution >= 4 is 15.9 Å². The van der Waals surface area contributed by atoms with Crippen molar-refractivity contribution in [2.45, 2.75) is 37.5 Å². The van der Waals surface area contributed by atoms with Crippen LogP contribution in [0.15, 0.2) is 47.4 Å². The standard InChI is InChI=1S/C21H25FN2O3S/c1-16-9-10-18(15-20(16)28(26,27)24-13-5-2-6-14-24)21(25)23-12-11-17-7-3-4-8-19(17)22/h3-4,7-10,15H,2,5-6,11-14H2,1H3,(H,23,25). The molecule has 2 aromatic carbocycles. The molecule has 150 valence electrons. The van der Waals surface area contributed by atoms with Crippen LogP contribution in [0.5, 0.6) is 0 Å². The highest BCUT2D eigenvalue weighted by Gasteiger charge is 2.28. The molecule has 1 saturated heterocycles. The van der Waals surface area contributed by atoms with Gasteiger partial charge in [-0.2, -0.15) is 4.31 Å². The summed E-state index contributed by atoms with van der Waals surface area (Å²) in [6.45, 7) is 3.03. The Kier molecular flexibility index (Phi) is 6.46. The van der Waals surface area contributed by atoms with Gasteiger partial charge in [0.25, 0.3) is 5.91 Å². The van der Waals surface area contributed by atoms with Gasteiger partial charge in [0.15, 0.2) is 0 Å². The first-order valence-electron chi connectivity index (χ1n) is 9.52. The number of nitrogens with one attached hydrogen (secondary N) is 1. The van der Waals surface area contributed by atoms with E-state index in [1.54, 1.807) is 37.3 Å². The second-order valence-corrected chi connectivity index (χ2v) is 8.95. The molecule has 3 rings (SSSR count). The summed E-state index contributed by atoms with van der Waals surface area (Å²) in [5.74, 6) is -0.673. The first kappa shape index (κ1) is 20.5. The molecule has 0 aliphatic carbocycles. The third kappa shape index (κ3) is 4.59. The maximum Gasteiger partial charge on any atom is 0.251 e. The Balaban J connectivity index is 1.71. The van der Waals surface area contributed by atoms with Crippen molar-refractivity contribution in [3.05, 3.63) is 65.0 Å². The van der Waals surface area contributed by atoms with Gasteiger partial charge in [0.2, 0.25) is 10.0 Å². The molecule has 1 fully saturated rings. The Morgan fingerprint density at radius 1 is 1.11 bits per heavy atom. The van der Waals surface area contributed by atoms with Crippen LogP contribution in [0.1, 0.15) is 40.7 Å². The molecule has 0 aromatic heterocycles. The molecule has 0 bridgehead atoms. The number of carbonyl (C=O) groups is 1. The molecule has 7 heteroatoms. The highest BCUT2D eigenvalue weighted by molar-refractivity contribution is 7.89. The number of amides is 1. The van der Waals surface area contributed by atoms with Crippen molar-refractivity contribution in [2.24, 2.45) is 0 Å². The van der Waals surface area contributed by atoms with E-state index in [-0.39, 0.29) is 28.7 Å². The second-order valence-electron chi connectivity index (χ2n) is 7.04. The first-order chi connectivity index (χ1) is 13.4. The monoisotopic (exact) mass is 404 g/mol. The van der Waals surface area contributed by atoms with Gasteiger partial charge in [-0.1, -0.05) is 30.7 Å². The van der Waals surface area contributed by atoms with Crippen LogP contribution in [-0.2, 0) is 16.4 Å². The van der Waals surface area contributed by atoms with E-state index in [0.29, 0.717) is 30.6 Å². The van der Waals surface area contributed by atoms with Gasteiger partial charge in [-0.3, -0.25) is 4.79 Å². The average Bonchev–Trinajstić information content (AvgIpc) is 2.70. The quantitative estimate of drug-likeness (QED) is 0.804. The Labute approximate surface area is 165 Å². The minimum Gasteiger partial charge on any atom is -0.352 e. The summed E-state index contributed by atoms with van der Waals surface area (Å²) >= 11 is 0. The van der Waals surface area contributed by atoms with Crippen molar-refractivity contribution in [2.75, 3.05) is 19.6 Å². The van der Waals surface area contributed by atoms with E-state index in [1.165, 1.54) is 16.4 Å². The lowest BCUT2D eigenvalue weighted by Crippen LogP contribution is -2.36. The molecule has 5 nitrogen and oxygen atoms in total. The van der Waals surface area contributed by atoms with Crippen LogP contribution in [0, 0.1) is 12.7 Å². The number of hydrogen-bond acceptors (Lipinski definition) is 3. The molecule has 28 heavy (non-hydrogen) atoms. The van der Waals surface area contributed by atoms with Crippen LogP contribution in [0.2, 0.25) is 0 Å². The Bertz CT molecular complexity index is 954. The fourth-order valence-corrected chi connectivity index (χ4v) is 5.15. The van der Waals surface area contributed by atoms with Crippen LogP contribution in [0.25, 0.3) is 0 Å². The van der Waals surface area contributed by atoms with Gasteiger partial charge in [0.1, 0.15) is 5.82 Å². The lowest BCUT2D eigenvalue weighted by atomic mass is 10.1. The zero-order valence-electron chi connectivity index (χ0n) is 15.9. The molecule has 1 aliphatic heterocycles. The van der Waals surface area contributed by atoms with Gasteiger partial charge in [0, 0.05) is 25.2 Å². The predicted octanol–water partition coefficient (Wildman–Crippen LogP) is 3.28. The summed E-state index contributed by atoms with van der Waals surface area (Å²) in [5.41, 5.74) is 1.43. The Morgan fingerprint density at radius 3 is 2.54 bits per heavy atom. The van der Waals surface area contributed by atoms with Crippen LogP contribution in [-0.4, -0.2) is 38.3 Å². The van der Waals surface area contributed by atoms with Crippen molar-refractivity contribution in [1.82, 2.24) is 9.62 Å². The number of benzene rings is 2. The van der Waals surface area contributed by atoms with E-state index >= 15 is 0 Å². The topological polar surface area (TPSA) is 66.5 Å². The first-order valence-corrected chi connectivity index (χ1v) is 11.0. The zero-order chi connectivity index (χ0) is 20.1. The second kappa shape index (κ2) is 8.84. The number of piperidine rings is 1. The summed E-state index contributed by atoms with van der Waals surface area (Å²) in [6.07, 6.45) is 3.11. The predicted molar refractivity (Wildman–Crippen MR) is 106 cm³/mol. The molecular formula is C21H25FN2O3S. The molecule has 0 unspecified atom stereocenters. The number of nitrogens with zero attached hydrogens (tertiary/aromatic N) is 1. The normalized spacial score (nSPS) is 15.4. The van der Waals surface area contributed by atoms with E-state index in [2.05, 4.69) is 5.32 Å². The highest BCUT2D eigenvalue weighted by Crippen LogP contribution is 2.24. The Hall–Kier alpha value is -2.25. The lowest BCUT2D eigenvalue weighted by Gasteiger charge is -2.26. The molecule has 0 saturated carbocycles. The molecule has 1 amide bonds. The smallest absolute Gasteiger partial charge is 0.251 e. The van der Waals surface area contributed by atoms with Crippen molar-refractivity contribution in [3.63, 3.8) is 0 Å². The molecule has 0 spiro atoms.